The number of ether oxygens (including phenoxy) is 1. The van der Waals surface area contributed by atoms with Crippen molar-refractivity contribution in [2.75, 3.05) is 23.8 Å². The maximum Gasteiger partial charge on any atom is 0.253 e. The minimum Gasteiger partial charge on any atom is -0.491 e. The average molecular weight is 310 g/mol. The summed E-state index contributed by atoms with van der Waals surface area (Å²) in [6, 6.07) is 5.75. The molecule has 2 aromatic carbocycles. The number of nitrogens with two attached hydrogens (primary N) is 2. The fraction of sp³-hybridized carbons (Fsp3) is 0.286. The predicted octanol–water partition coefficient (Wildman–Crippen LogP) is 0.144. The first-order valence-electron chi connectivity index (χ1n) is 6.40. The third-order valence-corrected chi connectivity index (χ3v) is 3.58. The molecule has 3 rings (SSSR count). The molecule has 1 aliphatic heterocycles. The maximum atomic E-state index is 11.6. The van der Waals surface area contributed by atoms with Crippen LogP contribution in [0.1, 0.15) is 11.1 Å². The van der Waals surface area contributed by atoms with E-state index in [1.54, 1.807) is 4.90 Å². The zero-order valence-electron chi connectivity index (χ0n) is 11.3. The molecule has 0 amide bonds. The second kappa shape index (κ2) is 5.75. The van der Waals surface area contributed by atoms with Crippen molar-refractivity contribution in [3.8, 4) is 5.75 Å². The summed E-state index contributed by atoms with van der Waals surface area (Å²) in [5.74, 6) is 0.780. The van der Waals surface area contributed by atoms with Gasteiger partial charge in [0.15, 0.2) is 0 Å². The van der Waals surface area contributed by atoms with Crippen LogP contribution < -0.4 is 32.0 Å². The van der Waals surface area contributed by atoms with Crippen molar-refractivity contribution < 1.29 is 4.74 Å². The zero-order valence-corrected chi connectivity index (χ0v) is 12.1. The molecule has 0 spiro atoms. The van der Waals surface area contributed by atoms with Crippen molar-refractivity contribution >= 4 is 23.8 Å². The maximum absolute atomic E-state index is 11.6. The van der Waals surface area contributed by atoms with Gasteiger partial charge in [-0.1, -0.05) is 6.07 Å². The molecule has 0 aliphatic carbocycles. The lowest BCUT2D eigenvalue weighted by atomic mass is 10.1. The molecule has 0 saturated carbocycles. The summed E-state index contributed by atoms with van der Waals surface area (Å²) >= 11 is 0. The van der Waals surface area contributed by atoms with Crippen LogP contribution in [0.3, 0.4) is 0 Å². The molecule has 0 saturated heterocycles. The van der Waals surface area contributed by atoms with Crippen molar-refractivity contribution in [2.24, 2.45) is 5.73 Å². The van der Waals surface area contributed by atoms with E-state index in [0.29, 0.717) is 31.9 Å². The first-order valence-corrected chi connectivity index (χ1v) is 6.40. The number of rotatable bonds is 2. The van der Waals surface area contributed by atoms with Gasteiger partial charge in [0.1, 0.15) is 23.7 Å². The first-order chi connectivity index (χ1) is 9.61. The standard InChI is InChI=1S/C14H15N3O3.ClH/c15-6-8-1-2-10-9(5-8)7-17(3-4-20-10)12-11(16)13(18)14(12)19;/h1-2,5H,3-4,6-7,15-16H2;1H. The van der Waals surface area contributed by atoms with Gasteiger partial charge in [-0.15, -0.1) is 12.4 Å². The Balaban J connectivity index is 0.00000161. The Morgan fingerprint density at radius 1 is 1.24 bits per heavy atom. The fourth-order valence-electron chi connectivity index (χ4n) is 2.48. The molecule has 1 aliphatic rings. The van der Waals surface area contributed by atoms with Gasteiger partial charge < -0.3 is 21.1 Å². The Morgan fingerprint density at radius 3 is 2.67 bits per heavy atom. The third kappa shape index (κ3) is 2.48. The summed E-state index contributed by atoms with van der Waals surface area (Å²) in [7, 11) is 0. The molecule has 112 valence electrons. The van der Waals surface area contributed by atoms with Crippen LogP contribution in [0.2, 0.25) is 0 Å². The van der Waals surface area contributed by atoms with Gasteiger partial charge in [-0.25, -0.2) is 0 Å². The molecule has 0 unspecified atom stereocenters. The molecule has 0 atom stereocenters. The Hall–Kier alpha value is -2.05. The van der Waals surface area contributed by atoms with Crippen molar-refractivity contribution in [1.82, 2.24) is 0 Å². The van der Waals surface area contributed by atoms with Gasteiger partial charge in [0, 0.05) is 18.7 Å². The van der Waals surface area contributed by atoms with Gasteiger partial charge in [-0.2, -0.15) is 0 Å². The van der Waals surface area contributed by atoms with Crippen LogP contribution >= 0.6 is 12.4 Å². The largest absolute Gasteiger partial charge is 0.491 e. The average Bonchev–Trinajstić information content (AvgIpc) is 2.68. The highest BCUT2D eigenvalue weighted by molar-refractivity contribution is 5.85. The van der Waals surface area contributed by atoms with E-state index in [2.05, 4.69) is 0 Å². The van der Waals surface area contributed by atoms with E-state index in [9.17, 15) is 9.59 Å². The number of hydrogen-bond donors (Lipinski definition) is 2. The molecule has 0 aromatic heterocycles. The number of nitrogens with zero attached hydrogens (tertiary/aromatic N) is 1. The first kappa shape index (κ1) is 15.3. The SMILES string of the molecule is Cl.NCc1ccc2c(c1)CN(c1c(N)c(=O)c1=O)CCO2. The van der Waals surface area contributed by atoms with Gasteiger partial charge >= 0.3 is 0 Å². The second-order valence-electron chi connectivity index (χ2n) is 4.84. The molecular formula is C14H16ClN3O3. The number of nitrogen functional groups attached to an aromatic ring is 1. The second-order valence-corrected chi connectivity index (χ2v) is 4.84. The third-order valence-electron chi connectivity index (χ3n) is 3.58. The summed E-state index contributed by atoms with van der Waals surface area (Å²) in [6.07, 6.45) is 0. The summed E-state index contributed by atoms with van der Waals surface area (Å²) in [6.45, 7) is 1.88. The van der Waals surface area contributed by atoms with E-state index in [1.165, 1.54) is 0 Å². The molecule has 0 radical (unpaired) electrons. The fourth-order valence-corrected chi connectivity index (χ4v) is 2.48. The monoisotopic (exact) mass is 309 g/mol. The summed E-state index contributed by atoms with van der Waals surface area (Å²) in [5.41, 5.74) is 12.4. The minimum atomic E-state index is -0.596. The van der Waals surface area contributed by atoms with Gasteiger partial charge in [-0.3, -0.25) is 9.59 Å². The van der Waals surface area contributed by atoms with Crippen molar-refractivity contribution in [3.05, 3.63) is 49.8 Å². The minimum absolute atomic E-state index is 0. The van der Waals surface area contributed by atoms with Crippen LogP contribution in [-0.2, 0) is 13.1 Å². The van der Waals surface area contributed by atoms with Crippen molar-refractivity contribution in [3.63, 3.8) is 0 Å². The lowest BCUT2D eigenvalue weighted by Gasteiger charge is -2.23. The smallest absolute Gasteiger partial charge is 0.253 e. The molecule has 2 aromatic rings. The summed E-state index contributed by atoms with van der Waals surface area (Å²) in [4.78, 5) is 24.7. The Kier molecular flexibility index (Phi) is 4.20. The summed E-state index contributed by atoms with van der Waals surface area (Å²) < 4.78 is 5.65. The molecule has 6 nitrogen and oxygen atoms in total. The highest BCUT2D eigenvalue weighted by atomic mass is 35.5. The van der Waals surface area contributed by atoms with Gasteiger partial charge in [0.05, 0.1) is 6.54 Å². The lowest BCUT2D eigenvalue weighted by molar-refractivity contribution is 0.331. The predicted molar refractivity (Wildman–Crippen MR) is 83.9 cm³/mol. The van der Waals surface area contributed by atoms with Gasteiger partial charge in [0.25, 0.3) is 10.9 Å². The lowest BCUT2D eigenvalue weighted by Crippen LogP contribution is -2.43. The molecule has 1 heterocycles. The Bertz CT molecular complexity index is 737. The van der Waals surface area contributed by atoms with Crippen molar-refractivity contribution in [2.45, 2.75) is 13.1 Å². The van der Waals surface area contributed by atoms with Crippen LogP contribution in [0.4, 0.5) is 11.4 Å². The quantitative estimate of drug-likeness (QED) is 0.766. The van der Waals surface area contributed by atoms with Crippen LogP contribution in [0.5, 0.6) is 5.75 Å². The van der Waals surface area contributed by atoms with E-state index < -0.39 is 10.9 Å². The molecule has 7 heteroatoms. The topological polar surface area (TPSA) is 98.6 Å². The van der Waals surface area contributed by atoms with Gasteiger partial charge in [-0.05, 0) is 17.7 Å². The Morgan fingerprint density at radius 2 is 2.00 bits per heavy atom. The normalized spacial score (nSPS) is 14.0. The van der Waals surface area contributed by atoms with E-state index in [0.717, 1.165) is 16.9 Å². The number of fused-ring (bicyclic) bond motifs is 1. The number of anilines is 2. The van der Waals surface area contributed by atoms with Crippen LogP contribution in [-0.4, -0.2) is 13.2 Å². The summed E-state index contributed by atoms with van der Waals surface area (Å²) in [5, 5.41) is 0. The zero-order chi connectivity index (χ0) is 14.3. The molecule has 21 heavy (non-hydrogen) atoms. The molecular weight excluding hydrogens is 294 g/mol. The number of halogens is 1. The highest BCUT2D eigenvalue weighted by Gasteiger charge is 2.26. The van der Waals surface area contributed by atoms with Crippen LogP contribution in [0, 0.1) is 0 Å². The molecule has 4 N–H and O–H groups in total. The Labute approximate surface area is 127 Å². The van der Waals surface area contributed by atoms with E-state index in [4.69, 9.17) is 16.2 Å². The van der Waals surface area contributed by atoms with Crippen LogP contribution in [0.15, 0.2) is 27.8 Å². The van der Waals surface area contributed by atoms with E-state index in [1.807, 2.05) is 18.2 Å². The molecule has 0 bridgehead atoms. The van der Waals surface area contributed by atoms with E-state index >= 15 is 0 Å². The highest BCUT2D eigenvalue weighted by Crippen LogP contribution is 2.27. The van der Waals surface area contributed by atoms with Gasteiger partial charge in [0.2, 0.25) is 0 Å². The molecule has 0 fully saturated rings. The van der Waals surface area contributed by atoms with Crippen LogP contribution in [0.25, 0.3) is 0 Å². The number of hydrogen-bond acceptors (Lipinski definition) is 6. The van der Waals surface area contributed by atoms with Crippen molar-refractivity contribution in [1.29, 1.82) is 0 Å². The number of benzene rings is 1. The van der Waals surface area contributed by atoms with E-state index in [-0.39, 0.29) is 18.1 Å².